The molecular weight excluding hydrogens is 472 g/mol. The van der Waals surface area contributed by atoms with E-state index >= 15 is 0 Å². The smallest absolute Gasteiger partial charge is 0.408 e. The maximum atomic E-state index is 13.0. The van der Waals surface area contributed by atoms with E-state index in [4.69, 9.17) is 9.47 Å². The van der Waals surface area contributed by atoms with E-state index in [-0.39, 0.29) is 5.91 Å². The molecule has 1 fully saturated rings. The topological polar surface area (TPSA) is 76.7 Å². The molecule has 0 bridgehead atoms. The van der Waals surface area contributed by atoms with Crippen molar-refractivity contribution < 1.29 is 19.1 Å². The van der Waals surface area contributed by atoms with Crippen molar-refractivity contribution in [2.45, 2.75) is 77.7 Å². The van der Waals surface area contributed by atoms with Gasteiger partial charge < -0.3 is 20.1 Å². The Balaban J connectivity index is 1.49. The molecule has 1 aliphatic carbocycles. The number of hydrogen-bond donors (Lipinski definition) is 2. The molecule has 196 valence electrons. The summed E-state index contributed by atoms with van der Waals surface area (Å²) in [5, 5.41) is 5.74. The number of nitrogens with one attached hydrogen (secondary N) is 2. The molecule has 0 aliphatic heterocycles. The first-order chi connectivity index (χ1) is 17.3. The van der Waals surface area contributed by atoms with E-state index in [0.29, 0.717) is 24.8 Å². The van der Waals surface area contributed by atoms with E-state index in [2.05, 4.69) is 10.6 Å². The predicted octanol–water partition coefficient (Wildman–Crippen LogP) is 6.09. The van der Waals surface area contributed by atoms with Gasteiger partial charge in [-0.15, -0.1) is 0 Å². The number of carbonyl (C=O) groups is 2. The van der Waals surface area contributed by atoms with Crippen LogP contribution in [-0.2, 0) is 22.7 Å². The van der Waals surface area contributed by atoms with Gasteiger partial charge in [0.15, 0.2) is 0 Å². The number of carbonyl (C=O) groups excluding carboxylic acids is 2. The number of alkyl carbamates (subject to hydrolysis) is 1. The van der Waals surface area contributed by atoms with E-state index < -0.39 is 17.7 Å². The lowest BCUT2D eigenvalue weighted by Gasteiger charge is -2.24. The third-order valence-corrected chi connectivity index (χ3v) is 7.28. The minimum absolute atomic E-state index is 0.207. The van der Waals surface area contributed by atoms with Crippen molar-refractivity contribution in [2.75, 3.05) is 11.5 Å². The average molecular weight is 513 g/mol. The minimum atomic E-state index is -0.651. The van der Waals surface area contributed by atoms with Crippen molar-refractivity contribution in [3.8, 4) is 5.75 Å². The second-order valence-electron chi connectivity index (χ2n) is 10.4. The van der Waals surface area contributed by atoms with Crippen LogP contribution in [0.2, 0.25) is 0 Å². The number of amides is 2. The van der Waals surface area contributed by atoms with Gasteiger partial charge in [0, 0.05) is 12.3 Å². The first-order valence-electron chi connectivity index (χ1n) is 12.9. The maximum absolute atomic E-state index is 13.0. The van der Waals surface area contributed by atoms with Crippen LogP contribution in [0, 0.1) is 5.92 Å². The summed E-state index contributed by atoms with van der Waals surface area (Å²) >= 11 is 1.74. The Labute approximate surface area is 219 Å². The molecule has 6 nitrogen and oxygen atoms in total. The summed E-state index contributed by atoms with van der Waals surface area (Å²) in [6, 6.07) is 17.1. The molecule has 0 saturated heterocycles. The monoisotopic (exact) mass is 512 g/mol. The molecule has 2 aromatic rings. The fourth-order valence-corrected chi connectivity index (χ4v) is 5.37. The molecule has 0 heterocycles. The summed E-state index contributed by atoms with van der Waals surface area (Å²) in [5.41, 5.74) is 1.45. The van der Waals surface area contributed by atoms with E-state index in [1.165, 1.54) is 32.1 Å². The van der Waals surface area contributed by atoms with Gasteiger partial charge >= 0.3 is 6.09 Å². The fourth-order valence-electron chi connectivity index (χ4n) is 4.10. The minimum Gasteiger partial charge on any atom is -0.489 e. The normalized spacial score (nSPS) is 15.1. The van der Waals surface area contributed by atoms with E-state index in [1.54, 1.807) is 11.8 Å². The number of ether oxygens (including phenoxy) is 2. The van der Waals surface area contributed by atoms with Crippen molar-refractivity contribution >= 4 is 23.8 Å². The highest BCUT2D eigenvalue weighted by Gasteiger charge is 2.25. The third-order valence-electron chi connectivity index (χ3n) is 6.01. The zero-order valence-corrected chi connectivity index (χ0v) is 22.6. The van der Waals surface area contributed by atoms with Gasteiger partial charge in [-0.3, -0.25) is 4.79 Å². The SMILES string of the molecule is CC(C)(C)OC(=O)NC(CSCC1CCCCC1)C(=O)NCc1ccc(OCc2ccccc2)cc1. The van der Waals surface area contributed by atoms with E-state index in [0.717, 1.165) is 22.6 Å². The Hall–Kier alpha value is -2.67. The Morgan fingerprint density at radius 3 is 2.33 bits per heavy atom. The Morgan fingerprint density at radius 1 is 0.972 bits per heavy atom. The summed E-state index contributed by atoms with van der Waals surface area (Å²) in [5.74, 6) is 2.81. The lowest BCUT2D eigenvalue weighted by molar-refractivity contribution is -0.122. The van der Waals surface area contributed by atoms with E-state index in [1.807, 2.05) is 75.4 Å². The third kappa shape index (κ3) is 10.5. The molecule has 0 radical (unpaired) electrons. The van der Waals surface area contributed by atoms with Gasteiger partial charge in [0.05, 0.1) is 0 Å². The van der Waals surface area contributed by atoms with Crippen molar-refractivity contribution in [3.05, 3.63) is 65.7 Å². The van der Waals surface area contributed by atoms with E-state index in [9.17, 15) is 9.59 Å². The van der Waals surface area contributed by atoms with Gasteiger partial charge in [-0.2, -0.15) is 11.8 Å². The van der Waals surface area contributed by atoms with Crippen molar-refractivity contribution in [2.24, 2.45) is 5.92 Å². The van der Waals surface area contributed by atoms with Crippen LogP contribution < -0.4 is 15.4 Å². The molecule has 2 aromatic carbocycles. The maximum Gasteiger partial charge on any atom is 0.408 e. The molecule has 3 rings (SSSR count). The fraction of sp³-hybridized carbons (Fsp3) is 0.517. The first kappa shape index (κ1) is 27.9. The summed E-state index contributed by atoms with van der Waals surface area (Å²) < 4.78 is 11.2. The highest BCUT2D eigenvalue weighted by Crippen LogP contribution is 2.27. The van der Waals surface area contributed by atoms with Crippen LogP contribution in [0.15, 0.2) is 54.6 Å². The standard InChI is InChI=1S/C29H40N2O4S/c1-29(2,3)35-28(33)31-26(21-36-20-24-12-8-5-9-13-24)27(32)30-18-22-14-16-25(17-15-22)34-19-23-10-6-4-7-11-23/h4,6-7,10-11,14-17,24,26H,5,8-9,12-13,18-21H2,1-3H3,(H,30,32)(H,31,33). The van der Waals surface area contributed by atoms with Crippen LogP contribution in [0.3, 0.4) is 0 Å². The van der Waals surface area contributed by atoms with Gasteiger partial charge in [-0.25, -0.2) is 4.79 Å². The molecule has 1 saturated carbocycles. The van der Waals surface area contributed by atoms with Crippen molar-refractivity contribution in [1.29, 1.82) is 0 Å². The largest absolute Gasteiger partial charge is 0.489 e. The van der Waals surface area contributed by atoms with Crippen molar-refractivity contribution in [3.63, 3.8) is 0 Å². The summed E-state index contributed by atoms with van der Waals surface area (Å²) in [6.45, 7) is 6.32. The van der Waals surface area contributed by atoms with Crippen molar-refractivity contribution in [1.82, 2.24) is 10.6 Å². The predicted molar refractivity (Wildman–Crippen MR) is 146 cm³/mol. The average Bonchev–Trinajstić information content (AvgIpc) is 2.86. The molecule has 1 atom stereocenters. The second-order valence-corrected chi connectivity index (χ2v) is 11.5. The van der Waals surface area contributed by atoms with Gasteiger partial charge in [0.1, 0.15) is 24.0 Å². The van der Waals surface area contributed by atoms with Gasteiger partial charge in [0.25, 0.3) is 0 Å². The summed E-state index contributed by atoms with van der Waals surface area (Å²) in [4.78, 5) is 25.4. The van der Waals surface area contributed by atoms with Crippen LogP contribution in [0.4, 0.5) is 4.79 Å². The molecule has 0 aromatic heterocycles. The zero-order valence-electron chi connectivity index (χ0n) is 21.8. The van der Waals surface area contributed by atoms with Crippen LogP contribution >= 0.6 is 11.8 Å². The Morgan fingerprint density at radius 2 is 1.67 bits per heavy atom. The molecule has 2 N–H and O–H groups in total. The molecule has 0 spiro atoms. The van der Waals surface area contributed by atoms with Crippen LogP contribution in [0.1, 0.15) is 64.0 Å². The van der Waals surface area contributed by atoms with Gasteiger partial charge in [-0.05, 0) is 68.5 Å². The molecular formula is C29H40N2O4S. The zero-order chi connectivity index (χ0) is 25.8. The number of hydrogen-bond acceptors (Lipinski definition) is 5. The number of benzene rings is 2. The van der Waals surface area contributed by atoms with Gasteiger partial charge in [-0.1, -0.05) is 61.7 Å². The molecule has 7 heteroatoms. The highest BCUT2D eigenvalue weighted by molar-refractivity contribution is 7.99. The first-order valence-corrected chi connectivity index (χ1v) is 14.0. The van der Waals surface area contributed by atoms with Gasteiger partial charge in [0.2, 0.25) is 5.91 Å². The number of thioether (sulfide) groups is 1. The quantitative estimate of drug-likeness (QED) is 0.381. The Bertz CT molecular complexity index is 938. The molecule has 36 heavy (non-hydrogen) atoms. The van der Waals surface area contributed by atoms with Crippen LogP contribution in [0.5, 0.6) is 5.75 Å². The summed E-state index contributed by atoms with van der Waals surface area (Å²) in [7, 11) is 0. The van der Waals surface area contributed by atoms with Crippen LogP contribution in [0.25, 0.3) is 0 Å². The lowest BCUT2D eigenvalue weighted by Crippen LogP contribution is -2.49. The lowest BCUT2D eigenvalue weighted by atomic mass is 9.91. The Kier molecular flexibility index (Phi) is 11.0. The summed E-state index contributed by atoms with van der Waals surface area (Å²) in [6.07, 6.45) is 5.86. The van der Waals surface area contributed by atoms with Crippen LogP contribution in [-0.4, -0.2) is 35.1 Å². The number of rotatable bonds is 11. The molecule has 1 unspecified atom stereocenters. The highest BCUT2D eigenvalue weighted by atomic mass is 32.2. The molecule has 2 amide bonds. The second kappa shape index (κ2) is 14.2. The molecule has 1 aliphatic rings.